The zero-order chi connectivity index (χ0) is 33.9. The van der Waals surface area contributed by atoms with Gasteiger partial charge in [0.25, 0.3) is 11.5 Å². The number of hydrogen-bond donors (Lipinski definition) is 0. The van der Waals surface area contributed by atoms with E-state index in [4.69, 9.17) is 4.74 Å². The number of piperazine rings is 1. The molecule has 0 bridgehead atoms. The average Bonchev–Trinajstić information content (AvgIpc) is 3.10. The van der Waals surface area contributed by atoms with Crippen molar-refractivity contribution < 1.29 is 19.1 Å². The number of ether oxygens (including phenoxy) is 1. The zero-order valence-electron chi connectivity index (χ0n) is 28.7. The van der Waals surface area contributed by atoms with Crippen LogP contribution in [0.4, 0.5) is 5.69 Å². The van der Waals surface area contributed by atoms with Crippen molar-refractivity contribution in [1.29, 1.82) is 0 Å². The molecule has 254 valence electrons. The Labute approximate surface area is 282 Å². The Kier molecular flexibility index (Phi) is 10.1. The number of benzene rings is 2. The average molecular weight is 654 g/mol. The highest BCUT2D eigenvalue weighted by Crippen LogP contribution is 2.31. The molecule has 1 aromatic heterocycles. The number of piperidine rings is 2. The second-order valence-electron chi connectivity index (χ2n) is 13.6. The summed E-state index contributed by atoms with van der Waals surface area (Å²) in [6.45, 7) is 11.6. The Morgan fingerprint density at radius 2 is 1.60 bits per heavy atom. The van der Waals surface area contributed by atoms with Crippen LogP contribution in [0.1, 0.15) is 52.7 Å². The predicted octanol–water partition coefficient (Wildman–Crippen LogP) is 4.04. The molecule has 10 nitrogen and oxygen atoms in total. The van der Waals surface area contributed by atoms with Crippen LogP contribution in [0.5, 0.6) is 5.75 Å². The van der Waals surface area contributed by atoms with Crippen LogP contribution < -0.4 is 15.2 Å². The van der Waals surface area contributed by atoms with Crippen LogP contribution in [0.15, 0.2) is 53.5 Å². The van der Waals surface area contributed by atoms with E-state index in [0.717, 1.165) is 98.8 Å². The molecule has 0 unspecified atom stereocenters. The molecular weight excluding hydrogens is 606 g/mol. The Morgan fingerprint density at radius 1 is 0.875 bits per heavy atom. The van der Waals surface area contributed by atoms with Gasteiger partial charge in [-0.25, -0.2) is 0 Å². The van der Waals surface area contributed by atoms with Gasteiger partial charge in [-0.05, 0) is 68.0 Å². The van der Waals surface area contributed by atoms with Crippen LogP contribution in [0.2, 0.25) is 0 Å². The molecule has 0 aliphatic carbocycles. The van der Waals surface area contributed by atoms with Gasteiger partial charge in [-0.2, -0.15) is 0 Å². The molecule has 2 amide bonds. The summed E-state index contributed by atoms with van der Waals surface area (Å²) in [6, 6.07) is 13.6. The number of likely N-dealkylation sites (tertiary alicyclic amines) is 1. The zero-order valence-corrected chi connectivity index (χ0v) is 28.7. The Morgan fingerprint density at radius 3 is 2.31 bits per heavy atom. The van der Waals surface area contributed by atoms with Gasteiger partial charge in [-0.3, -0.25) is 24.1 Å². The molecule has 0 saturated carbocycles. The number of carbonyl (C=O) groups excluding carboxylic acids is 3. The number of amides is 2. The van der Waals surface area contributed by atoms with Crippen molar-refractivity contribution in [2.24, 2.45) is 13.0 Å². The SMILES string of the molecule is COc1cc(-c2cn(C)c(=O)c(C)c2C)ccc1CN1CCN(CC2CCN(C(=O)c3cccc(N4CCC(=O)CC4=O)c3)CC2)CC1. The number of aryl methyl sites for hydroxylation is 1. The molecular formula is C38H47N5O5. The number of rotatable bonds is 8. The smallest absolute Gasteiger partial charge is 0.253 e. The van der Waals surface area contributed by atoms with Crippen molar-refractivity contribution >= 4 is 23.3 Å². The number of Topliss-reactive ketones (excluding diaryl/α,β-unsaturated/α-hetero) is 1. The minimum absolute atomic E-state index is 0.00697. The molecule has 4 heterocycles. The maximum Gasteiger partial charge on any atom is 0.253 e. The molecule has 3 aliphatic heterocycles. The molecule has 0 spiro atoms. The Bertz CT molecular complexity index is 1750. The molecule has 0 N–H and O–H groups in total. The molecule has 48 heavy (non-hydrogen) atoms. The van der Waals surface area contributed by atoms with E-state index in [9.17, 15) is 19.2 Å². The molecule has 0 atom stereocenters. The van der Waals surface area contributed by atoms with Crippen molar-refractivity contribution in [3.05, 3.63) is 81.3 Å². The first kappa shape index (κ1) is 33.6. The molecule has 2 aromatic carbocycles. The van der Waals surface area contributed by atoms with E-state index < -0.39 is 0 Å². The van der Waals surface area contributed by atoms with Crippen molar-refractivity contribution in [1.82, 2.24) is 19.3 Å². The van der Waals surface area contributed by atoms with Gasteiger partial charge in [-0.15, -0.1) is 0 Å². The lowest BCUT2D eigenvalue weighted by Crippen LogP contribution is -2.48. The van der Waals surface area contributed by atoms with Gasteiger partial charge >= 0.3 is 0 Å². The highest BCUT2D eigenvalue weighted by molar-refractivity contribution is 6.09. The summed E-state index contributed by atoms with van der Waals surface area (Å²) < 4.78 is 7.48. The van der Waals surface area contributed by atoms with E-state index in [2.05, 4.69) is 28.0 Å². The van der Waals surface area contributed by atoms with E-state index in [1.54, 1.807) is 29.7 Å². The summed E-state index contributed by atoms with van der Waals surface area (Å²) in [7, 11) is 3.51. The van der Waals surface area contributed by atoms with Crippen molar-refractivity contribution in [3.8, 4) is 16.9 Å². The van der Waals surface area contributed by atoms with Gasteiger partial charge in [0.15, 0.2) is 0 Å². The summed E-state index contributed by atoms with van der Waals surface area (Å²) >= 11 is 0. The van der Waals surface area contributed by atoms with Crippen molar-refractivity contribution in [2.45, 2.75) is 46.1 Å². The van der Waals surface area contributed by atoms with Gasteiger partial charge in [0.1, 0.15) is 11.5 Å². The minimum Gasteiger partial charge on any atom is -0.496 e. The molecule has 3 aromatic rings. The number of carbonyl (C=O) groups is 3. The Hall–Kier alpha value is -4.28. The number of ketones is 1. The second kappa shape index (κ2) is 14.5. The molecule has 6 rings (SSSR count). The molecule has 0 radical (unpaired) electrons. The molecule has 10 heteroatoms. The van der Waals surface area contributed by atoms with Crippen LogP contribution in [0.3, 0.4) is 0 Å². The quantitative estimate of drug-likeness (QED) is 0.339. The Balaban J connectivity index is 0.979. The van der Waals surface area contributed by atoms with Crippen molar-refractivity contribution in [2.75, 3.05) is 64.4 Å². The fourth-order valence-electron chi connectivity index (χ4n) is 7.34. The number of methoxy groups -OCH3 is 1. The summed E-state index contributed by atoms with van der Waals surface area (Å²) in [5, 5.41) is 0. The third-order valence-corrected chi connectivity index (χ3v) is 10.5. The van der Waals surface area contributed by atoms with Crippen LogP contribution in [0, 0.1) is 19.8 Å². The lowest BCUT2D eigenvalue weighted by Gasteiger charge is -2.39. The van der Waals surface area contributed by atoms with Gasteiger partial charge in [0, 0.05) is 107 Å². The number of nitrogens with zero attached hydrogens (tertiary/aromatic N) is 5. The van der Waals surface area contributed by atoms with E-state index in [-0.39, 0.29) is 29.6 Å². The summed E-state index contributed by atoms with van der Waals surface area (Å²) in [4.78, 5) is 58.4. The second-order valence-corrected chi connectivity index (χ2v) is 13.6. The molecule has 3 aliphatic rings. The van der Waals surface area contributed by atoms with Crippen LogP contribution in [-0.4, -0.2) is 96.3 Å². The van der Waals surface area contributed by atoms with Gasteiger partial charge in [-0.1, -0.05) is 18.2 Å². The molecule has 3 saturated heterocycles. The summed E-state index contributed by atoms with van der Waals surface area (Å²) in [5.74, 6) is 1.21. The van der Waals surface area contributed by atoms with Crippen LogP contribution in [0.25, 0.3) is 11.1 Å². The van der Waals surface area contributed by atoms with E-state index in [0.29, 0.717) is 30.1 Å². The van der Waals surface area contributed by atoms with Crippen LogP contribution >= 0.6 is 0 Å². The largest absolute Gasteiger partial charge is 0.496 e. The van der Waals surface area contributed by atoms with E-state index in [1.165, 1.54) is 0 Å². The fraction of sp³-hybridized carbons (Fsp3) is 0.474. The molecule has 3 fully saturated rings. The minimum atomic E-state index is -0.199. The highest BCUT2D eigenvalue weighted by atomic mass is 16.5. The number of pyridine rings is 1. The predicted molar refractivity (Wildman–Crippen MR) is 187 cm³/mol. The number of hydrogen-bond acceptors (Lipinski definition) is 7. The van der Waals surface area contributed by atoms with Crippen LogP contribution in [-0.2, 0) is 23.2 Å². The monoisotopic (exact) mass is 653 g/mol. The maximum absolute atomic E-state index is 13.4. The van der Waals surface area contributed by atoms with E-state index >= 15 is 0 Å². The fourth-order valence-corrected chi connectivity index (χ4v) is 7.34. The normalized spacial score (nSPS) is 18.4. The summed E-state index contributed by atoms with van der Waals surface area (Å²) in [6.07, 6.45) is 4.16. The topological polar surface area (TPSA) is 95.4 Å². The van der Waals surface area contributed by atoms with Gasteiger partial charge in [0.2, 0.25) is 5.91 Å². The van der Waals surface area contributed by atoms with Gasteiger partial charge in [0.05, 0.1) is 13.5 Å². The third kappa shape index (κ3) is 7.24. The standard InChI is InChI=1S/C38H47N5O5/c1-26-27(2)37(46)39(3)25-34(26)29-8-9-31(35(21-29)48-4)24-41-18-16-40(17-19-41)23-28-10-13-42(14-11-28)38(47)30-6-5-7-32(20-30)43-15-12-33(44)22-36(43)45/h5-9,20-21,25,28H,10-19,22-24H2,1-4H3. The maximum atomic E-state index is 13.4. The summed E-state index contributed by atoms with van der Waals surface area (Å²) in [5.41, 5.74) is 6.33. The first-order valence-corrected chi connectivity index (χ1v) is 17.1. The third-order valence-electron chi connectivity index (χ3n) is 10.5. The lowest BCUT2D eigenvalue weighted by atomic mass is 9.95. The first-order valence-electron chi connectivity index (χ1n) is 17.1. The lowest BCUT2D eigenvalue weighted by molar-refractivity contribution is -0.128. The van der Waals surface area contributed by atoms with Gasteiger partial charge < -0.3 is 24.0 Å². The van der Waals surface area contributed by atoms with E-state index in [1.807, 2.05) is 43.1 Å². The number of aromatic nitrogens is 1. The van der Waals surface area contributed by atoms with Crippen molar-refractivity contribution in [3.63, 3.8) is 0 Å². The number of anilines is 1. The first-order chi connectivity index (χ1) is 23.1. The highest BCUT2D eigenvalue weighted by Gasteiger charge is 2.29.